The Kier molecular flexibility index (Phi) is 6.87. The van der Waals surface area contributed by atoms with E-state index in [0.717, 1.165) is 12.8 Å². The number of amides is 1. The van der Waals surface area contributed by atoms with E-state index >= 15 is 0 Å². The number of ether oxygens (including phenoxy) is 2. The summed E-state index contributed by atoms with van der Waals surface area (Å²) in [6.07, 6.45) is 1.71. The number of para-hydroxylation sites is 1. The Labute approximate surface area is 119 Å². The molecule has 1 aromatic rings. The molecule has 0 spiro atoms. The number of carbonyl (C=O) groups is 1. The van der Waals surface area contributed by atoms with Gasteiger partial charge in [0.1, 0.15) is 0 Å². The molecule has 0 heterocycles. The van der Waals surface area contributed by atoms with Gasteiger partial charge in [-0.15, -0.1) is 0 Å². The molecule has 1 aromatic carbocycles. The maximum absolute atomic E-state index is 12.1. The number of hydrogen-bond acceptors (Lipinski definition) is 4. The van der Waals surface area contributed by atoms with E-state index in [1.54, 1.807) is 18.2 Å². The smallest absolute Gasteiger partial charge is 0.255 e. The summed E-state index contributed by atoms with van der Waals surface area (Å²) in [5, 5.41) is 11.8. The van der Waals surface area contributed by atoms with Crippen LogP contribution >= 0.6 is 0 Å². The van der Waals surface area contributed by atoms with Crippen LogP contribution in [0.4, 0.5) is 0 Å². The highest BCUT2D eigenvalue weighted by molar-refractivity contribution is 5.97. The van der Waals surface area contributed by atoms with E-state index in [2.05, 4.69) is 5.32 Å². The normalized spacial score (nSPS) is 11.8. The number of rotatable bonds is 8. The van der Waals surface area contributed by atoms with E-state index < -0.39 is 0 Å². The highest BCUT2D eigenvalue weighted by Crippen LogP contribution is 2.30. The van der Waals surface area contributed by atoms with Crippen LogP contribution in [0, 0.1) is 5.92 Å². The SMILES string of the molecule is COc1cccc(C(=O)NCCCC(C)CO)c1OC. The molecular formula is C15H23NO4. The van der Waals surface area contributed by atoms with Crippen LogP contribution in [0.2, 0.25) is 0 Å². The van der Waals surface area contributed by atoms with Crippen molar-refractivity contribution in [2.24, 2.45) is 5.92 Å². The summed E-state index contributed by atoms with van der Waals surface area (Å²) in [4.78, 5) is 12.1. The van der Waals surface area contributed by atoms with Gasteiger partial charge in [0.15, 0.2) is 11.5 Å². The van der Waals surface area contributed by atoms with Crippen molar-refractivity contribution in [2.45, 2.75) is 19.8 Å². The summed E-state index contributed by atoms with van der Waals surface area (Å²) in [5.41, 5.74) is 0.460. The topological polar surface area (TPSA) is 67.8 Å². The molecule has 20 heavy (non-hydrogen) atoms. The Morgan fingerprint density at radius 1 is 1.35 bits per heavy atom. The van der Waals surface area contributed by atoms with Crippen molar-refractivity contribution in [1.82, 2.24) is 5.32 Å². The molecule has 5 heteroatoms. The van der Waals surface area contributed by atoms with Crippen LogP contribution in [0.1, 0.15) is 30.1 Å². The lowest BCUT2D eigenvalue weighted by Gasteiger charge is -2.13. The highest BCUT2D eigenvalue weighted by Gasteiger charge is 2.15. The fraction of sp³-hybridized carbons (Fsp3) is 0.533. The molecule has 0 fully saturated rings. The Morgan fingerprint density at radius 2 is 2.10 bits per heavy atom. The van der Waals surface area contributed by atoms with Crippen LogP contribution in [0.3, 0.4) is 0 Å². The lowest BCUT2D eigenvalue weighted by molar-refractivity contribution is 0.0948. The average molecular weight is 281 g/mol. The van der Waals surface area contributed by atoms with Crippen LogP contribution in [0.25, 0.3) is 0 Å². The van der Waals surface area contributed by atoms with Gasteiger partial charge in [0.05, 0.1) is 19.8 Å². The first-order valence-corrected chi connectivity index (χ1v) is 6.74. The van der Waals surface area contributed by atoms with E-state index in [9.17, 15) is 4.79 Å². The molecule has 0 saturated heterocycles. The lowest BCUT2D eigenvalue weighted by Crippen LogP contribution is -2.25. The number of aliphatic hydroxyl groups is 1. The van der Waals surface area contributed by atoms with Crippen molar-refractivity contribution in [3.05, 3.63) is 23.8 Å². The van der Waals surface area contributed by atoms with Crippen LogP contribution in [0.15, 0.2) is 18.2 Å². The van der Waals surface area contributed by atoms with Gasteiger partial charge >= 0.3 is 0 Å². The maximum Gasteiger partial charge on any atom is 0.255 e. The number of benzene rings is 1. The summed E-state index contributed by atoms with van der Waals surface area (Å²) < 4.78 is 10.4. The fourth-order valence-corrected chi connectivity index (χ4v) is 1.90. The van der Waals surface area contributed by atoms with Crippen LogP contribution < -0.4 is 14.8 Å². The molecule has 5 nitrogen and oxygen atoms in total. The second-order valence-corrected chi connectivity index (χ2v) is 4.73. The number of nitrogens with one attached hydrogen (secondary N) is 1. The zero-order valence-electron chi connectivity index (χ0n) is 12.3. The molecule has 1 unspecified atom stereocenters. The molecule has 1 rings (SSSR count). The second kappa shape index (κ2) is 8.43. The summed E-state index contributed by atoms with van der Waals surface area (Å²) >= 11 is 0. The van der Waals surface area contributed by atoms with E-state index in [1.807, 2.05) is 6.92 Å². The van der Waals surface area contributed by atoms with Crippen molar-refractivity contribution in [3.63, 3.8) is 0 Å². The van der Waals surface area contributed by atoms with Gasteiger partial charge in [-0.3, -0.25) is 4.79 Å². The largest absolute Gasteiger partial charge is 0.493 e. The molecule has 112 valence electrons. The molecule has 0 aliphatic carbocycles. The average Bonchev–Trinajstić information content (AvgIpc) is 2.49. The summed E-state index contributed by atoms with van der Waals surface area (Å²) in [6, 6.07) is 5.20. The van der Waals surface area contributed by atoms with Gasteiger partial charge < -0.3 is 19.9 Å². The van der Waals surface area contributed by atoms with Gasteiger partial charge in [-0.05, 0) is 30.9 Å². The van der Waals surface area contributed by atoms with E-state index in [4.69, 9.17) is 14.6 Å². The zero-order chi connectivity index (χ0) is 15.0. The van der Waals surface area contributed by atoms with Crippen molar-refractivity contribution in [1.29, 1.82) is 0 Å². The molecule has 0 saturated carbocycles. The minimum absolute atomic E-state index is 0.178. The monoisotopic (exact) mass is 281 g/mol. The van der Waals surface area contributed by atoms with Crippen molar-refractivity contribution >= 4 is 5.91 Å². The Bertz CT molecular complexity index is 434. The first-order chi connectivity index (χ1) is 9.63. The Morgan fingerprint density at radius 3 is 2.70 bits per heavy atom. The second-order valence-electron chi connectivity index (χ2n) is 4.73. The first-order valence-electron chi connectivity index (χ1n) is 6.74. The number of hydrogen-bond donors (Lipinski definition) is 2. The number of carbonyl (C=O) groups excluding carboxylic acids is 1. The molecule has 1 atom stereocenters. The molecule has 1 amide bonds. The van der Waals surface area contributed by atoms with Crippen molar-refractivity contribution in [3.8, 4) is 11.5 Å². The number of methoxy groups -OCH3 is 2. The van der Waals surface area contributed by atoms with E-state index in [-0.39, 0.29) is 18.4 Å². The molecule has 2 N–H and O–H groups in total. The standard InChI is InChI=1S/C15H23NO4/c1-11(10-17)6-5-9-16-15(18)12-7-4-8-13(19-2)14(12)20-3/h4,7-8,11,17H,5-6,9-10H2,1-3H3,(H,16,18). The maximum atomic E-state index is 12.1. The zero-order valence-corrected chi connectivity index (χ0v) is 12.3. The third kappa shape index (κ3) is 4.42. The summed E-state index contributed by atoms with van der Waals surface area (Å²) in [6.45, 7) is 2.73. The molecule has 0 aromatic heterocycles. The Hall–Kier alpha value is -1.75. The fourth-order valence-electron chi connectivity index (χ4n) is 1.90. The van der Waals surface area contributed by atoms with Crippen molar-refractivity contribution < 1.29 is 19.4 Å². The first kappa shape index (κ1) is 16.3. The summed E-state index contributed by atoms with van der Waals surface area (Å²) in [5.74, 6) is 1.06. The molecule has 0 bridgehead atoms. The number of aliphatic hydroxyl groups excluding tert-OH is 1. The molecular weight excluding hydrogens is 258 g/mol. The van der Waals surface area contributed by atoms with Crippen LogP contribution in [-0.4, -0.2) is 38.4 Å². The molecule has 0 aliphatic rings. The van der Waals surface area contributed by atoms with Crippen LogP contribution in [-0.2, 0) is 0 Å². The van der Waals surface area contributed by atoms with Gasteiger partial charge in [-0.25, -0.2) is 0 Å². The molecule has 0 radical (unpaired) electrons. The minimum Gasteiger partial charge on any atom is -0.493 e. The van der Waals surface area contributed by atoms with E-state index in [0.29, 0.717) is 23.6 Å². The van der Waals surface area contributed by atoms with Gasteiger partial charge in [-0.2, -0.15) is 0 Å². The van der Waals surface area contributed by atoms with Gasteiger partial charge in [0.2, 0.25) is 0 Å². The third-order valence-corrected chi connectivity index (χ3v) is 3.12. The van der Waals surface area contributed by atoms with Gasteiger partial charge in [0, 0.05) is 13.2 Å². The highest BCUT2D eigenvalue weighted by atomic mass is 16.5. The predicted octanol–water partition coefficient (Wildman–Crippen LogP) is 1.84. The van der Waals surface area contributed by atoms with Gasteiger partial charge in [0.25, 0.3) is 5.91 Å². The van der Waals surface area contributed by atoms with Gasteiger partial charge in [-0.1, -0.05) is 13.0 Å². The molecule has 0 aliphatic heterocycles. The lowest BCUT2D eigenvalue weighted by atomic mass is 10.1. The predicted molar refractivity (Wildman–Crippen MR) is 77.4 cm³/mol. The Balaban J connectivity index is 2.59. The van der Waals surface area contributed by atoms with Crippen molar-refractivity contribution in [2.75, 3.05) is 27.4 Å². The quantitative estimate of drug-likeness (QED) is 0.714. The van der Waals surface area contributed by atoms with E-state index in [1.165, 1.54) is 14.2 Å². The van der Waals surface area contributed by atoms with Crippen LogP contribution in [0.5, 0.6) is 11.5 Å². The summed E-state index contributed by atoms with van der Waals surface area (Å²) in [7, 11) is 3.05. The minimum atomic E-state index is -0.183. The third-order valence-electron chi connectivity index (χ3n) is 3.12.